The van der Waals surface area contributed by atoms with E-state index in [1.807, 2.05) is 30.3 Å². The molecule has 6 nitrogen and oxygen atoms in total. The number of nitrogens with one attached hydrogen (secondary N) is 1. The number of carbonyl (C=O) groups is 3. The monoisotopic (exact) mass is 409 g/mol. The molecule has 30 heavy (non-hydrogen) atoms. The number of rotatable bonds is 9. The van der Waals surface area contributed by atoms with Crippen molar-refractivity contribution < 1.29 is 23.9 Å². The average Bonchev–Trinajstić information content (AvgIpc) is 2.76. The van der Waals surface area contributed by atoms with Crippen LogP contribution in [-0.2, 0) is 19.1 Å². The first kappa shape index (κ1) is 22.9. The van der Waals surface area contributed by atoms with Gasteiger partial charge in [0.1, 0.15) is 0 Å². The van der Waals surface area contributed by atoms with Crippen molar-refractivity contribution in [2.75, 3.05) is 13.7 Å². The Hall–Kier alpha value is -3.41. The normalized spacial score (nSPS) is 11.9. The zero-order valence-corrected chi connectivity index (χ0v) is 17.5. The van der Waals surface area contributed by atoms with Gasteiger partial charge in [0, 0.05) is 6.08 Å². The van der Waals surface area contributed by atoms with Crippen LogP contribution in [0.4, 0.5) is 0 Å². The van der Waals surface area contributed by atoms with Crippen molar-refractivity contribution >= 4 is 23.9 Å². The van der Waals surface area contributed by atoms with Gasteiger partial charge in [-0.05, 0) is 41.7 Å². The van der Waals surface area contributed by atoms with E-state index in [1.54, 1.807) is 30.3 Å². The van der Waals surface area contributed by atoms with Crippen LogP contribution in [0.25, 0.3) is 6.08 Å². The van der Waals surface area contributed by atoms with Gasteiger partial charge >= 0.3 is 11.9 Å². The van der Waals surface area contributed by atoms with Crippen molar-refractivity contribution in [3.05, 3.63) is 77.4 Å². The van der Waals surface area contributed by atoms with E-state index in [4.69, 9.17) is 4.74 Å². The van der Waals surface area contributed by atoms with Crippen molar-refractivity contribution in [1.82, 2.24) is 5.32 Å². The molecule has 6 heteroatoms. The van der Waals surface area contributed by atoms with Crippen LogP contribution in [0.3, 0.4) is 0 Å². The van der Waals surface area contributed by atoms with E-state index >= 15 is 0 Å². The molecule has 1 atom stereocenters. The molecule has 0 spiro atoms. The minimum Gasteiger partial charge on any atom is -0.465 e. The summed E-state index contributed by atoms with van der Waals surface area (Å²) in [4.78, 5) is 35.6. The molecule has 0 bridgehead atoms. The Kier molecular flexibility index (Phi) is 8.81. The number of ether oxygens (including phenoxy) is 2. The highest BCUT2D eigenvalue weighted by Gasteiger charge is 2.16. The predicted molar refractivity (Wildman–Crippen MR) is 115 cm³/mol. The second kappa shape index (κ2) is 11.6. The van der Waals surface area contributed by atoms with E-state index in [9.17, 15) is 14.4 Å². The Bertz CT molecular complexity index is 872. The number of esters is 2. The van der Waals surface area contributed by atoms with Gasteiger partial charge in [-0.2, -0.15) is 0 Å². The minimum atomic E-state index is -0.623. The van der Waals surface area contributed by atoms with Crippen molar-refractivity contribution in [3.8, 4) is 0 Å². The van der Waals surface area contributed by atoms with Gasteiger partial charge in [-0.1, -0.05) is 56.3 Å². The van der Waals surface area contributed by atoms with E-state index in [0.717, 1.165) is 12.0 Å². The van der Waals surface area contributed by atoms with Gasteiger partial charge in [-0.3, -0.25) is 4.79 Å². The van der Waals surface area contributed by atoms with Gasteiger partial charge < -0.3 is 14.8 Å². The molecule has 2 aromatic carbocycles. The lowest BCUT2D eigenvalue weighted by molar-refractivity contribution is -0.144. The Morgan fingerprint density at radius 1 is 1.00 bits per heavy atom. The molecule has 1 N–H and O–H groups in total. The predicted octanol–water partition coefficient (Wildman–Crippen LogP) is 3.93. The Labute approximate surface area is 176 Å². The first-order valence-corrected chi connectivity index (χ1v) is 9.76. The van der Waals surface area contributed by atoms with Gasteiger partial charge in [-0.15, -0.1) is 0 Å². The van der Waals surface area contributed by atoms with Crippen molar-refractivity contribution in [2.24, 2.45) is 5.92 Å². The van der Waals surface area contributed by atoms with E-state index in [2.05, 4.69) is 23.9 Å². The maximum absolute atomic E-state index is 12.3. The summed E-state index contributed by atoms with van der Waals surface area (Å²) in [5.74, 6) is -1.01. The lowest BCUT2D eigenvalue weighted by Crippen LogP contribution is -2.33. The van der Waals surface area contributed by atoms with Crippen molar-refractivity contribution in [1.29, 1.82) is 0 Å². The fraction of sp³-hybridized carbons (Fsp3) is 0.292. The van der Waals surface area contributed by atoms with Crippen LogP contribution in [0.5, 0.6) is 0 Å². The molecule has 2 rings (SSSR count). The third-order valence-corrected chi connectivity index (χ3v) is 4.33. The summed E-state index contributed by atoms with van der Waals surface area (Å²) in [7, 11) is 1.31. The largest absolute Gasteiger partial charge is 0.465 e. The number of benzene rings is 2. The molecular weight excluding hydrogens is 382 g/mol. The van der Waals surface area contributed by atoms with Crippen molar-refractivity contribution in [3.63, 3.8) is 0 Å². The van der Waals surface area contributed by atoms with Crippen LogP contribution < -0.4 is 5.32 Å². The molecule has 0 aliphatic carbocycles. The molecule has 0 fully saturated rings. The molecule has 0 saturated heterocycles. The second-order valence-corrected chi connectivity index (χ2v) is 7.21. The maximum atomic E-state index is 12.3. The van der Waals surface area contributed by atoms with E-state index in [1.165, 1.54) is 13.2 Å². The third kappa shape index (κ3) is 7.54. The Morgan fingerprint density at radius 3 is 2.27 bits per heavy atom. The van der Waals surface area contributed by atoms with Crippen LogP contribution in [0, 0.1) is 5.92 Å². The number of methoxy groups -OCH3 is 1. The zero-order chi connectivity index (χ0) is 21.9. The van der Waals surface area contributed by atoms with Crippen molar-refractivity contribution in [2.45, 2.75) is 26.3 Å². The number of hydrogen-bond acceptors (Lipinski definition) is 5. The van der Waals surface area contributed by atoms with Gasteiger partial charge in [0.15, 0.2) is 6.61 Å². The molecule has 158 valence electrons. The summed E-state index contributed by atoms with van der Waals surface area (Å²) in [6, 6.07) is 16.1. The third-order valence-electron chi connectivity index (χ3n) is 4.33. The van der Waals surface area contributed by atoms with Gasteiger partial charge in [0.05, 0.1) is 18.7 Å². The topological polar surface area (TPSA) is 81.7 Å². The van der Waals surface area contributed by atoms with Gasteiger partial charge in [0.25, 0.3) is 5.91 Å². The first-order valence-electron chi connectivity index (χ1n) is 9.76. The van der Waals surface area contributed by atoms with Crippen LogP contribution in [-0.4, -0.2) is 31.6 Å². The molecule has 2 aromatic rings. The number of amides is 1. The summed E-state index contributed by atoms with van der Waals surface area (Å²) in [6.45, 7) is 3.82. The Balaban J connectivity index is 1.86. The summed E-state index contributed by atoms with van der Waals surface area (Å²) in [5.41, 5.74) is 2.15. The highest BCUT2D eigenvalue weighted by atomic mass is 16.5. The highest BCUT2D eigenvalue weighted by Crippen LogP contribution is 2.20. The minimum absolute atomic E-state index is 0.138. The molecule has 0 aliphatic heterocycles. The van der Waals surface area contributed by atoms with Crippen LogP contribution in [0.2, 0.25) is 0 Å². The molecular formula is C24H27NO5. The van der Waals surface area contributed by atoms with Crippen LogP contribution in [0.1, 0.15) is 47.8 Å². The molecule has 1 amide bonds. The van der Waals surface area contributed by atoms with Gasteiger partial charge in [0.2, 0.25) is 0 Å². The average molecular weight is 409 g/mol. The molecule has 0 unspecified atom stereocenters. The highest BCUT2D eigenvalue weighted by molar-refractivity contribution is 5.91. The quantitative estimate of drug-likeness (QED) is 0.501. The second-order valence-electron chi connectivity index (χ2n) is 7.21. The maximum Gasteiger partial charge on any atom is 0.337 e. The van der Waals surface area contributed by atoms with E-state index in [-0.39, 0.29) is 18.6 Å². The standard InChI is InChI=1S/C24H27NO5/c1-17(2)15-21(19-7-5-4-6-8-19)25-22(26)16-30-23(27)14-11-18-9-12-20(13-10-18)24(28)29-3/h4-14,17,21H,15-16H2,1-3H3,(H,25,26)/b14-11+/t21-/m1/s1. The zero-order valence-electron chi connectivity index (χ0n) is 17.5. The SMILES string of the molecule is COC(=O)c1ccc(/C=C/C(=O)OCC(=O)N[C@H](CC(C)C)c2ccccc2)cc1. The summed E-state index contributed by atoms with van der Waals surface area (Å²) in [5, 5.41) is 2.93. The fourth-order valence-corrected chi connectivity index (χ4v) is 2.87. The number of carbonyl (C=O) groups excluding carboxylic acids is 3. The van der Waals surface area contributed by atoms with E-state index < -0.39 is 11.9 Å². The lowest BCUT2D eigenvalue weighted by atomic mass is 9.97. The lowest BCUT2D eigenvalue weighted by Gasteiger charge is -2.21. The Morgan fingerprint density at radius 2 is 1.67 bits per heavy atom. The summed E-state index contributed by atoms with van der Waals surface area (Å²) >= 11 is 0. The molecule has 0 aliphatic rings. The molecule has 0 heterocycles. The van der Waals surface area contributed by atoms with Crippen LogP contribution in [0.15, 0.2) is 60.7 Å². The van der Waals surface area contributed by atoms with Gasteiger partial charge in [-0.25, -0.2) is 9.59 Å². The number of hydrogen-bond donors (Lipinski definition) is 1. The summed E-state index contributed by atoms with van der Waals surface area (Å²) < 4.78 is 9.67. The van der Waals surface area contributed by atoms with Crippen LogP contribution >= 0.6 is 0 Å². The summed E-state index contributed by atoms with van der Waals surface area (Å²) in [6.07, 6.45) is 3.57. The smallest absolute Gasteiger partial charge is 0.337 e. The molecule has 0 radical (unpaired) electrons. The van der Waals surface area contributed by atoms with E-state index in [0.29, 0.717) is 17.0 Å². The molecule has 0 aromatic heterocycles. The fourth-order valence-electron chi connectivity index (χ4n) is 2.87. The molecule has 0 saturated carbocycles. The first-order chi connectivity index (χ1) is 14.4.